The molecule has 5 rings (SSSR count). The summed E-state index contributed by atoms with van der Waals surface area (Å²) in [6.45, 7) is 7.68. The summed E-state index contributed by atoms with van der Waals surface area (Å²) in [6, 6.07) is 0.215. The van der Waals surface area contributed by atoms with Gasteiger partial charge in [-0.3, -0.25) is 14.4 Å². The fourth-order valence-electron chi connectivity index (χ4n) is 6.77. The molecular formula is C31H41F6N7O4Si. The topological polar surface area (TPSA) is 114 Å². The highest BCUT2D eigenvalue weighted by atomic mass is 28.3. The number of piperazine rings is 1. The van der Waals surface area contributed by atoms with Crippen LogP contribution in [0.1, 0.15) is 43.2 Å². The summed E-state index contributed by atoms with van der Waals surface area (Å²) in [5.74, 6) is -1.47. The molecule has 1 saturated carbocycles. The molecule has 3 atom stereocenters. The van der Waals surface area contributed by atoms with Crippen molar-refractivity contribution in [1.29, 1.82) is 0 Å². The molecule has 0 N–H and O–H groups in total. The third-order valence-electron chi connectivity index (χ3n) is 9.49. The van der Waals surface area contributed by atoms with Gasteiger partial charge >= 0.3 is 12.4 Å². The van der Waals surface area contributed by atoms with E-state index in [1.54, 1.807) is 9.80 Å². The van der Waals surface area contributed by atoms with Crippen LogP contribution in [0.25, 0.3) is 0 Å². The fourth-order valence-corrected chi connectivity index (χ4v) is 7.53. The van der Waals surface area contributed by atoms with Crippen molar-refractivity contribution in [1.82, 2.24) is 24.6 Å². The molecule has 49 heavy (non-hydrogen) atoms. The second kappa shape index (κ2) is 14.4. The molecule has 0 spiro atoms. The first kappa shape index (κ1) is 36.7. The molecule has 4 heterocycles. The van der Waals surface area contributed by atoms with E-state index in [0.29, 0.717) is 62.5 Å². The van der Waals surface area contributed by atoms with Crippen molar-refractivity contribution in [3.8, 4) is 0 Å². The molecule has 18 heteroatoms. The number of aromatic nitrogens is 4. The van der Waals surface area contributed by atoms with Crippen molar-refractivity contribution in [3.63, 3.8) is 0 Å². The van der Waals surface area contributed by atoms with Crippen molar-refractivity contribution in [2.75, 3.05) is 49.1 Å². The van der Waals surface area contributed by atoms with Gasteiger partial charge in [0.2, 0.25) is 11.9 Å². The predicted molar refractivity (Wildman–Crippen MR) is 170 cm³/mol. The number of nitrogens with zero attached hydrogens (tertiary/aromatic N) is 7. The summed E-state index contributed by atoms with van der Waals surface area (Å²) in [4.78, 5) is 52.3. The number of Topliss-reactive ketones (excluding diaryl/α,β-unsaturated/α-hetero) is 1. The van der Waals surface area contributed by atoms with Crippen molar-refractivity contribution in [3.05, 3.63) is 40.1 Å². The van der Waals surface area contributed by atoms with E-state index in [9.17, 15) is 40.7 Å². The van der Waals surface area contributed by atoms with Crippen LogP contribution in [-0.2, 0) is 33.4 Å². The van der Waals surface area contributed by atoms with E-state index in [2.05, 4.69) is 34.7 Å². The first-order valence-corrected chi connectivity index (χ1v) is 20.1. The van der Waals surface area contributed by atoms with Crippen LogP contribution in [-0.4, -0.2) is 89.8 Å². The van der Waals surface area contributed by atoms with Gasteiger partial charge in [-0.15, -0.1) is 0 Å². The molecule has 1 amide bonds. The van der Waals surface area contributed by atoms with Crippen LogP contribution in [0.4, 0.5) is 38.0 Å². The lowest BCUT2D eigenvalue weighted by molar-refractivity contribution is -0.139. The SMILES string of the molecule is C[Si](C)(C)CCOCn1ncc(N2CCC[C@H]2C2CCC(CC(=O)N3CCN(c4ncc(C(F)(F)F)cn4)CC3)C2=O)c(C(F)(F)F)c1=O. The monoisotopic (exact) mass is 717 g/mol. The summed E-state index contributed by atoms with van der Waals surface area (Å²) >= 11 is 0. The first-order valence-electron chi connectivity index (χ1n) is 16.4. The number of carbonyl (C=O) groups excluding carboxylic acids is 2. The van der Waals surface area contributed by atoms with Gasteiger partial charge < -0.3 is 19.4 Å². The maximum Gasteiger partial charge on any atom is 0.423 e. The minimum Gasteiger partial charge on any atom is -0.366 e. The number of carbonyl (C=O) groups is 2. The Balaban J connectivity index is 1.20. The number of ether oxygens (including phenoxy) is 1. The molecule has 3 fully saturated rings. The third-order valence-corrected chi connectivity index (χ3v) is 11.2. The van der Waals surface area contributed by atoms with Gasteiger partial charge in [-0.1, -0.05) is 19.6 Å². The average Bonchev–Trinajstić information content (AvgIpc) is 3.64. The van der Waals surface area contributed by atoms with E-state index in [1.165, 1.54) is 4.90 Å². The van der Waals surface area contributed by atoms with E-state index in [1.807, 2.05) is 0 Å². The second-order valence-electron chi connectivity index (χ2n) is 14.1. The van der Waals surface area contributed by atoms with Gasteiger partial charge in [0.15, 0.2) is 0 Å². The Morgan fingerprint density at radius 1 is 0.918 bits per heavy atom. The average molecular weight is 718 g/mol. The second-order valence-corrected chi connectivity index (χ2v) is 19.7. The number of ketones is 1. The number of amides is 1. The number of alkyl halides is 6. The van der Waals surface area contributed by atoms with Crippen LogP contribution in [0.2, 0.25) is 25.7 Å². The van der Waals surface area contributed by atoms with Crippen LogP contribution >= 0.6 is 0 Å². The van der Waals surface area contributed by atoms with Gasteiger partial charge in [0.25, 0.3) is 5.56 Å². The summed E-state index contributed by atoms with van der Waals surface area (Å²) < 4.78 is 87.8. The first-order chi connectivity index (χ1) is 22.9. The summed E-state index contributed by atoms with van der Waals surface area (Å²) in [7, 11) is -1.45. The standard InChI is InChI=1S/C31H41F6N7O4Si/c1-49(2,3)14-13-48-19-44-28(47)26(31(35,36)37)24(18-40-44)43-8-4-5-23(43)22-7-6-20(27(22)46)15-25(45)41-9-11-42(12-10-41)29-38-16-21(17-39-29)30(32,33)34/h16-18,20,22-23H,4-15,19H2,1-3H3/t20?,22?,23-/m0/s1. The van der Waals surface area contributed by atoms with Gasteiger partial charge in [0, 0.05) is 84.1 Å². The molecule has 1 aliphatic carbocycles. The van der Waals surface area contributed by atoms with Crippen LogP contribution < -0.4 is 15.4 Å². The maximum absolute atomic E-state index is 14.4. The molecule has 2 saturated heterocycles. The number of hydrogen-bond acceptors (Lipinski definition) is 9. The van der Waals surface area contributed by atoms with E-state index < -0.39 is 61.7 Å². The highest BCUT2D eigenvalue weighted by molar-refractivity contribution is 6.76. The minimum atomic E-state index is -4.96. The Labute approximate surface area is 280 Å². The Morgan fingerprint density at radius 3 is 2.20 bits per heavy atom. The van der Waals surface area contributed by atoms with Crippen LogP contribution in [0.3, 0.4) is 0 Å². The predicted octanol–water partition coefficient (Wildman–Crippen LogP) is 4.69. The zero-order valence-corrected chi connectivity index (χ0v) is 28.7. The largest absolute Gasteiger partial charge is 0.423 e. The van der Waals surface area contributed by atoms with Crippen LogP contribution in [0.15, 0.2) is 23.4 Å². The van der Waals surface area contributed by atoms with Crippen LogP contribution in [0.5, 0.6) is 0 Å². The van der Waals surface area contributed by atoms with E-state index in [-0.39, 0.29) is 49.4 Å². The smallest absolute Gasteiger partial charge is 0.366 e. The van der Waals surface area contributed by atoms with Gasteiger partial charge in [-0.2, -0.15) is 31.4 Å². The van der Waals surface area contributed by atoms with Crippen molar-refractivity contribution < 1.29 is 40.7 Å². The summed E-state index contributed by atoms with van der Waals surface area (Å²) in [6.07, 6.45) is -5.25. The van der Waals surface area contributed by atoms with Crippen LogP contribution in [0, 0.1) is 11.8 Å². The van der Waals surface area contributed by atoms with E-state index in [0.717, 1.165) is 12.2 Å². The lowest BCUT2D eigenvalue weighted by Crippen LogP contribution is -2.49. The van der Waals surface area contributed by atoms with Gasteiger partial charge in [-0.05, 0) is 31.7 Å². The molecule has 2 aliphatic heterocycles. The maximum atomic E-state index is 14.4. The normalized spacial score (nSPS) is 22.3. The highest BCUT2D eigenvalue weighted by Gasteiger charge is 2.47. The van der Waals surface area contributed by atoms with Gasteiger partial charge in [0.1, 0.15) is 18.1 Å². The number of halogens is 6. The molecule has 2 aromatic heterocycles. The summed E-state index contributed by atoms with van der Waals surface area (Å²) in [5.41, 5.74) is -3.93. The number of hydrogen-bond donors (Lipinski definition) is 0. The molecule has 2 unspecified atom stereocenters. The molecule has 11 nitrogen and oxygen atoms in total. The third kappa shape index (κ3) is 8.61. The quantitative estimate of drug-likeness (QED) is 0.196. The Hall–Kier alpha value is -3.54. The van der Waals surface area contributed by atoms with Crippen molar-refractivity contribution >= 4 is 31.4 Å². The Bertz CT molecular complexity index is 1560. The zero-order valence-electron chi connectivity index (χ0n) is 27.7. The minimum absolute atomic E-state index is 0.0397. The number of anilines is 2. The number of rotatable bonds is 10. The fraction of sp³-hybridized carbons (Fsp3) is 0.677. The van der Waals surface area contributed by atoms with E-state index in [4.69, 9.17) is 4.74 Å². The Kier molecular flexibility index (Phi) is 10.8. The van der Waals surface area contributed by atoms with Crippen molar-refractivity contribution in [2.24, 2.45) is 11.8 Å². The van der Waals surface area contributed by atoms with Gasteiger partial charge in [-0.25, -0.2) is 14.6 Å². The van der Waals surface area contributed by atoms with Gasteiger partial charge in [0.05, 0.1) is 17.4 Å². The molecule has 2 aromatic rings. The zero-order chi connectivity index (χ0) is 35.7. The summed E-state index contributed by atoms with van der Waals surface area (Å²) in [5, 5.41) is 4.01. The molecule has 270 valence electrons. The molecular weight excluding hydrogens is 676 g/mol. The lowest BCUT2D eigenvalue weighted by Gasteiger charge is -2.35. The molecule has 0 bridgehead atoms. The lowest BCUT2D eigenvalue weighted by atomic mass is 9.91. The molecule has 0 radical (unpaired) electrons. The van der Waals surface area contributed by atoms with Crippen molar-refractivity contribution in [2.45, 2.75) is 82.9 Å². The molecule has 3 aliphatic rings. The Morgan fingerprint density at radius 2 is 1.59 bits per heavy atom. The highest BCUT2D eigenvalue weighted by Crippen LogP contribution is 2.42. The van der Waals surface area contributed by atoms with E-state index >= 15 is 0 Å². The molecule has 0 aromatic carbocycles.